The highest BCUT2D eigenvalue weighted by atomic mass is 35.5. The van der Waals surface area contributed by atoms with Gasteiger partial charge in [-0.2, -0.15) is 0 Å². The summed E-state index contributed by atoms with van der Waals surface area (Å²) in [7, 11) is 6.06. The van der Waals surface area contributed by atoms with E-state index in [2.05, 4.69) is 0 Å². The summed E-state index contributed by atoms with van der Waals surface area (Å²) < 4.78 is 6.26. The molecule has 0 saturated carbocycles. The van der Waals surface area contributed by atoms with Crippen LogP contribution in [0.1, 0.15) is 5.56 Å². The highest BCUT2D eigenvalue weighted by Gasteiger charge is 2.17. The summed E-state index contributed by atoms with van der Waals surface area (Å²) in [5, 5.41) is 20.2. The fraction of sp³-hybridized carbons (Fsp3) is 0.368. The molecule has 132 valence electrons. The molecule has 0 bridgehead atoms. The normalized spacial score (nSPS) is 20.3. The number of ether oxygens (including phenoxy) is 1. The number of halogens is 1. The maximum Gasteiger partial charge on any atom is 0.137 e. The number of allylic oxidation sites excluding steroid dienone is 1. The highest BCUT2D eigenvalue weighted by Crippen LogP contribution is 2.20. The number of likely N-dealkylation sites (N-methyl/N-ethyl adjacent to an activating group) is 1. The van der Waals surface area contributed by atoms with E-state index in [9.17, 15) is 10.2 Å². The summed E-state index contributed by atoms with van der Waals surface area (Å²) in [6.07, 6.45) is 6.03. The van der Waals surface area contributed by atoms with E-state index in [4.69, 9.17) is 4.74 Å². The van der Waals surface area contributed by atoms with Gasteiger partial charge in [-0.25, -0.2) is 0 Å². The molecule has 1 aromatic rings. The summed E-state index contributed by atoms with van der Waals surface area (Å²) in [5.41, 5.74) is 1.86. The number of aliphatic hydroxyl groups is 2. The van der Waals surface area contributed by atoms with E-state index in [1.54, 1.807) is 6.08 Å². The minimum Gasteiger partial charge on any atom is -1.00 e. The standard InChI is InChI=1S/C19H26NO3.ClH/c1-20(2,3)13-17(21)14-23-18-10-9-16(19(22)12-18)11-15-7-5-4-6-8-15;/h4-12,17,19,21-22H,13-14H2,1-3H3;1H/q+1;/p-1. The first kappa shape index (κ1) is 20.5. The molecule has 0 fully saturated rings. The van der Waals surface area contributed by atoms with Gasteiger partial charge in [-0.05, 0) is 29.4 Å². The van der Waals surface area contributed by atoms with Crippen LogP contribution in [-0.2, 0) is 4.74 Å². The molecule has 0 amide bonds. The molecule has 0 spiro atoms. The zero-order chi connectivity index (χ0) is 16.9. The number of quaternary nitrogens is 1. The van der Waals surface area contributed by atoms with E-state index in [1.165, 1.54) is 0 Å². The maximum atomic E-state index is 10.2. The fourth-order valence-electron chi connectivity index (χ4n) is 2.43. The molecular weight excluding hydrogens is 326 g/mol. The van der Waals surface area contributed by atoms with Crippen molar-refractivity contribution in [1.29, 1.82) is 0 Å². The van der Waals surface area contributed by atoms with Crippen LogP contribution in [0.3, 0.4) is 0 Å². The predicted molar refractivity (Wildman–Crippen MR) is 92.5 cm³/mol. The smallest absolute Gasteiger partial charge is 0.137 e. The summed E-state index contributed by atoms with van der Waals surface area (Å²) in [4.78, 5) is 0. The minimum atomic E-state index is -0.703. The molecular formula is C19H26ClNO3. The second kappa shape index (κ2) is 9.04. The van der Waals surface area contributed by atoms with Crippen LogP contribution in [-0.4, -0.2) is 61.2 Å². The number of benzene rings is 1. The summed E-state index contributed by atoms with van der Waals surface area (Å²) in [6.45, 7) is 0.828. The van der Waals surface area contributed by atoms with Crippen molar-refractivity contribution in [3.05, 3.63) is 65.5 Å². The number of nitrogens with zero attached hydrogens (tertiary/aromatic N) is 1. The molecule has 0 saturated heterocycles. The average molecular weight is 352 g/mol. The molecule has 0 heterocycles. The third-order valence-corrected chi connectivity index (χ3v) is 3.44. The van der Waals surface area contributed by atoms with Gasteiger partial charge in [0.25, 0.3) is 0 Å². The van der Waals surface area contributed by atoms with E-state index in [1.807, 2.05) is 69.7 Å². The number of hydrogen-bond acceptors (Lipinski definition) is 3. The Morgan fingerprint density at radius 2 is 1.83 bits per heavy atom. The van der Waals surface area contributed by atoms with Crippen molar-refractivity contribution in [1.82, 2.24) is 0 Å². The number of rotatable bonds is 6. The molecule has 1 aromatic carbocycles. The van der Waals surface area contributed by atoms with Gasteiger partial charge in [-0.1, -0.05) is 36.4 Å². The van der Waals surface area contributed by atoms with Crippen molar-refractivity contribution in [2.75, 3.05) is 34.3 Å². The van der Waals surface area contributed by atoms with Gasteiger partial charge in [0.15, 0.2) is 0 Å². The lowest BCUT2D eigenvalue weighted by Gasteiger charge is -2.27. The maximum absolute atomic E-state index is 10.2. The molecule has 1 aliphatic rings. The Morgan fingerprint density at radius 3 is 2.42 bits per heavy atom. The fourth-order valence-corrected chi connectivity index (χ4v) is 2.43. The molecule has 2 N–H and O–H groups in total. The second-order valence-electron chi connectivity index (χ2n) is 6.84. The Labute approximate surface area is 150 Å². The molecule has 2 rings (SSSR count). The molecule has 4 nitrogen and oxygen atoms in total. The Balaban J connectivity index is 0.00000288. The quantitative estimate of drug-likeness (QED) is 0.645. The Kier molecular flexibility index (Phi) is 7.70. The minimum absolute atomic E-state index is 0. The van der Waals surface area contributed by atoms with Crippen molar-refractivity contribution in [2.45, 2.75) is 12.2 Å². The van der Waals surface area contributed by atoms with Gasteiger partial charge in [-0.15, -0.1) is 0 Å². The highest BCUT2D eigenvalue weighted by molar-refractivity contribution is 5.59. The van der Waals surface area contributed by atoms with Crippen LogP contribution in [0.4, 0.5) is 0 Å². The summed E-state index contributed by atoms with van der Waals surface area (Å²) in [6, 6.07) is 9.87. The van der Waals surface area contributed by atoms with Crippen LogP contribution in [0.2, 0.25) is 0 Å². The van der Waals surface area contributed by atoms with Crippen LogP contribution in [0, 0.1) is 0 Å². The van der Waals surface area contributed by atoms with Crippen LogP contribution >= 0.6 is 0 Å². The first-order valence-corrected chi connectivity index (χ1v) is 7.79. The third-order valence-electron chi connectivity index (χ3n) is 3.44. The lowest BCUT2D eigenvalue weighted by Crippen LogP contribution is -3.00. The van der Waals surface area contributed by atoms with Gasteiger partial charge >= 0.3 is 0 Å². The summed E-state index contributed by atoms with van der Waals surface area (Å²) >= 11 is 0. The number of hydrogen-bond donors (Lipinski definition) is 2. The monoisotopic (exact) mass is 351 g/mol. The van der Waals surface area contributed by atoms with Crippen molar-refractivity contribution in [2.24, 2.45) is 0 Å². The largest absolute Gasteiger partial charge is 1.00 e. The summed E-state index contributed by atoms with van der Waals surface area (Å²) in [5.74, 6) is 0.586. The SMILES string of the molecule is C[N+](C)(C)CC(O)COC1=CC(O)C(=Cc2ccccc2)C=C1.[Cl-]. The first-order valence-electron chi connectivity index (χ1n) is 7.79. The molecule has 0 aliphatic heterocycles. The van der Waals surface area contributed by atoms with Gasteiger partial charge in [0, 0.05) is 0 Å². The van der Waals surface area contributed by atoms with Crippen molar-refractivity contribution in [3.8, 4) is 0 Å². The van der Waals surface area contributed by atoms with Gasteiger partial charge in [0.05, 0.1) is 21.1 Å². The van der Waals surface area contributed by atoms with Crippen LogP contribution < -0.4 is 12.4 Å². The van der Waals surface area contributed by atoms with Crippen LogP contribution in [0.5, 0.6) is 0 Å². The van der Waals surface area contributed by atoms with E-state index >= 15 is 0 Å². The van der Waals surface area contributed by atoms with Crippen molar-refractivity contribution >= 4 is 6.08 Å². The van der Waals surface area contributed by atoms with Crippen LogP contribution in [0.25, 0.3) is 6.08 Å². The molecule has 0 aromatic heterocycles. The first-order chi connectivity index (χ1) is 10.8. The average Bonchev–Trinajstić information content (AvgIpc) is 2.47. The molecule has 2 atom stereocenters. The van der Waals surface area contributed by atoms with Crippen molar-refractivity contribution in [3.63, 3.8) is 0 Å². The van der Waals surface area contributed by atoms with E-state index in [0.717, 1.165) is 11.1 Å². The molecule has 5 heteroatoms. The lowest BCUT2D eigenvalue weighted by atomic mass is 10.0. The zero-order valence-corrected chi connectivity index (χ0v) is 15.1. The zero-order valence-electron chi connectivity index (χ0n) is 14.4. The third kappa shape index (κ3) is 6.89. The van der Waals surface area contributed by atoms with Gasteiger partial charge < -0.3 is 31.8 Å². The Bertz CT molecular complexity index is 603. The Hall–Kier alpha value is -1.59. The van der Waals surface area contributed by atoms with Gasteiger partial charge in [-0.3, -0.25) is 0 Å². The lowest BCUT2D eigenvalue weighted by molar-refractivity contribution is -0.873. The van der Waals surface area contributed by atoms with E-state index < -0.39 is 12.2 Å². The second-order valence-corrected chi connectivity index (χ2v) is 6.84. The topological polar surface area (TPSA) is 49.7 Å². The molecule has 0 radical (unpaired) electrons. The Morgan fingerprint density at radius 1 is 1.17 bits per heavy atom. The van der Waals surface area contributed by atoms with Gasteiger partial charge in [0.2, 0.25) is 0 Å². The van der Waals surface area contributed by atoms with E-state index in [-0.39, 0.29) is 19.0 Å². The van der Waals surface area contributed by atoms with Crippen LogP contribution in [0.15, 0.2) is 59.9 Å². The van der Waals surface area contributed by atoms with E-state index in [0.29, 0.717) is 16.8 Å². The number of aliphatic hydroxyl groups excluding tert-OH is 2. The molecule has 2 unspecified atom stereocenters. The van der Waals surface area contributed by atoms with Gasteiger partial charge in [0.1, 0.15) is 31.1 Å². The predicted octanol–water partition coefficient (Wildman–Crippen LogP) is -1.03. The molecule has 1 aliphatic carbocycles. The molecule has 24 heavy (non-hydrogen) atoms. The van der Waals surface area contributed by atoms with Crippen molar-refractivity contribution < 1.29 is 31.8 Å².